The van der Waals surface area contributed by atoms with Crippen LogP contribution in [0.4, 0.5) is 32.0 Å². The number of nitrogens with zero attached hydrogens (tertiary/aromatic N) is 2. The molecular formula is C16H14F6N2. The predicted molar refractivity (Wildman–Crippen MR) is 77.2 cm³/mol. The van der Waals surface area contributed by atoms with Crippen molar-refractivity contribution in [1.82, 2.24) is 0 Å². The number of allylic oxidation sites excluding steroid dienone is 1. The van der Waals surface area contributed by atoms with Crippen LogP contribution in [0.1, 0.15) is 19.4 Å². The van der Waals surface area contributed by atoms with Crippen molar-refractivity contribution in [2.45, 2.75) is 32.2 Å². The van der Waals surface area contributed by atoms with Crippen molar-refractivity contribution in [3.63, 3.8) is 0 Å². The highest BCUT2D eigenvalue weighted by Gasteiger charge is 2.55. The quantitative estimate of drug-likeness (QED) is 0.383. The Kier molecular flexibility index (Phi) is 4.63. The van der Waals surface area contributed by atoms with E-state index in [9.17, 15) is 26.3 Å². The Morgan fingerprint density at radius 2 is 1.67 bits per heavy atom. The molecule has 0 saturated carbocycles. The minimum atomic E-state index is -4.44. The highest BCUT2D eigenvalue weighted by molar-refractivity contribution is 5.53. The van der Waals surface area contributed by atoms with Gasteiger partial charge in [-0.3, -0.25) is 0 Å². The van der Waals surface area contributed by atoms with E-state index in [4.69, 9.17) is 0 Å². The van der Waals surface area contributed by atoms with E-state index in [1.165, 1.54) is 19.9 Å². The third-order valence-corrected chi connectivity index (χ3v) is 4.20. The van der Waals surface area contributed by atoms with Crippen LogP contribution in [0.3, 0.4) is 0 Å². The number of aliphatic imine (C=N–C) groups is 2. The molecule has 0 amide bonds. The monoisotopic (exact) mass is 348 g/mol. The van der Waals surface area contributed by atoms with E-state index in [2.05, 4.69) is 16.0 Å². The van der Waals surface area contributed by atoms with Crippen molar-refractivity contribution < 1.29 is 26.3 Å². The van der Waals surface area contributed by atoms with Gasteiger partial charge in [0.05, 0.1) is 29.2 Å². The summed E-state index contributed by atoms with van der Waals surface area (Å²) in [6, 6.07) is 5.54. The fourth-order valence-electron chi connectivity index (χ4n) is 2.39. The average Bonchev–Trinajstić information content (AvgIpc) is 2.43. The molecule has 1 aromatic carbocycles. The Bertz CT molecular complexity index is 680. The van der Waals surface area contributed by atoms with Crippen molar-refractivity contribution in [3.8, 4) is 0 Å². The van der Waals surface area contributed by atoms with Crippen LogP contribution in [0.5, 0.6) is 0 Å². The number of rotatable bonds is 3. The van der Waals surface area contributed by atoms with E-state index in [0.29, 0.717) is 0 Å². The highest BCUT2D eigenvalue weighted by Crippen LogP contribution is 2.51. The van der Waals surface area contributed by atoms with Gasteiger partial charge in [-0.25, -0.2) is 4.99 Å². The first-order chi connectivity index (χ1) is 10.9. The van der Waals surface area contributed by atoms with Gasteiger partial charge in [-0.15, -0.1) is 0 Å². The second-order valence-corrected chi connectivity index (χ2v) is 5.81. The lowest BCUT2D eigenvalue weighted by Gasteiger charge is -2.43. The maximum atomic E-state index is 12.8. The number of hydrogen-bond donors (Lipinski definition) is 0. The highest BCUT2D eigenvalue weighted by atomic mass is 19.4. The number of benzene rings is 1. The first kappa shape index (κ1) is 18.3. The third kappa shape index (κ3) is 3.70. The van der Waals surface area contributed by atoms with E-state index >= 15 is 0 Å². The van der Waals surface area contributed by atoms with Crippen molar-refractivity contribution in [3.05, 3.63) is 42.0 Å². The van der Waals surface area contributed by atoms with Crippen molar-refractivity contribution in [2.75, 3.05) is 0 Å². The Balaban J connectivity index is 2.10. The lowest BCUT2D eigenvalue weighted by atomic mass is 9.64. The van der Waals surface area contributed by atoms with Crippen LogP contribution >= 0.6 is 0 Å². The van der Waals surface area contributed by atoms with Crippen molar-refractivity contribution >= 4 is 11.7 Å². The van der Waals surface area contributed by atoms with Gasteiger partial charge in [-0.2, -0.15) is 31.3 Å². The average molecular weight is 348 g/mol. The molecule has 0 N–H and O–H groups in total. The summed E-state index contributed by atoms with van der Waals surface area (Å²) in [5.74, 6) is -1.59. The van der Waals surface area contributed by atoms with Gasteiger partial charge in [-0.05, 0) is 31.2 Å². The fourth-order valence-corrected chi connectivity index (χ4v) is 2.39. The summed E-state index contributed by atoms with van der Waals surface area (Å²) in [5, 5.41) is 0. The summed E-state index contributed by atoms with van der Waals surface area (Å²) in [7, 11) is 0. The number of alkyl halides is 6. The Morgan fingerprint density at radius 1 is 1.08 bits per heavy atom. The molecule has 130 valence electrons. The van der Waals surface area contributed by atoms with Gasteiger partial charge in [0, 0.05) is 5.41 Å². The van der Waals surface area contributed by atoms with Gasteiger partial charge < -0.3 is 0 Å². The van der Waals surface area contributed by atoms with Crippen molar-refractivity contribution in [2.24, 2.45) is 21.3 Å². The van der Waals surface area contributed by atoms with Crippen LogP contribution in [-0.2, 0) is 6.18 Å². The molecule has 1 aliphatic carbocycles. The summed E-state index contributed by atoms with van der Waals surface area (Å²) in [6.07, 6.45) is -6.27. The summed E-state index contributed by atoms with van der Waals surface area (Å²) >= 11 is 0. The van der Waals surface area contributed by atoms with Gasteiger partial charge in [0.2, 0.25) is 0 Å². The molecule has 0 spiro atoms. The largest absolute Gasteiger partial charge is 0.416 e. The molecule has 3 atom stereocenters. The standard InChI is InChI=1S/C16H14F6N2/c1-10(14(2)8-7-13(14)16(20,21)22)23-9-24-12-5-3-11(4-6-12)15(17,18)19/h3-8,10,13H,1-2H3/t10?,13?,14-/m0/s1. The lowest BCUT2D eigenvalue weighted by molar-refractivity contribution is -0.192. The van der Waals surface area contributed by atoms with Crippen LogP contribution < -0.4 is 0 Å². The second kappa shape index (κ2) is 6.09. The number of hydrogen-bond acceptors (Lipinski definition) is 2. The summed E-state index contributed by atoms with van der Waals surface area (Å²) in [5.41, 5.74) is -1.81. The topological polar surface area (TPSA) is 24.7 Å². The molecule has 1 aromatic rings. The summed E-state index contributed by atoms with van der Waals surface area (Å²) in [6.45, 7) is 2.95. The second-order valence-electron chi connectivity index (χ2n) is 5.81. The SMILES string of the molecule is CC(N=C=Nc1ccc(C(F)(F)F)cc1)[C@]1(C)C=CC1C(F)(F)F. The third-order valence-electron chi connectivity index (χ3n) is 4.20. The van der Waals surface area contributed by atoms with E-state index in [1.54, 1.807) is 0 Å². The molecule has 0 fully saturated rings. The molecule has 0 aromatic heterocycles. The molecule has 0 aliphatic heterocycles. The molecule has 2 rings (SSSR count). The maximum absolute atomic E-state index is 12.8. The zero-order chi connectivity index (χ0) is 18.2. The lowest BCUT2D eigenvalue weighted by Crippen LogP contribution is -2.47. The van der Waals surface area contributed by atoms with Gasteiger partial charge in [0.15, 0.2) is 0 Å². The van der Waals surface area contributed by atoms with Crippen LogP contribution in [-0.4, -0.2) is 18.2 Å². The molecule has 0 bridgehead atoms. The molecule has 24 heavy (non-hydrogen) atoms. The van der Waals surface area contributed by atoms with E-state index < -0.39 is 35.3 Å². The molecule has 2 nitrogen and oxygen atoms in total. The van der Waals surface area contributed by atoms with Gasteiger partial charge in [-0.1, -0.05) is 19.1 Å². The fraction of sp³-hybridized carbons (Fsp3) is 0.438. The molecule has 0 radical (unpaired) electrons. The van der Waals surface area contributed by atoms with Gasteiger partial charge in [0.1, 0.15) is 0 Å². The first-order valence-electron chi connectivity index (χ1n) is 7.03. The van der Waals surface area contributed by atoms with Crippen molar-refractivity contribution in [1.29, 1.82) is 0 Å². The maximum Gasteiger partial charge on any atom is 0.416 e. The van der Waals surface area contributed by atoms with E-state index in [0.717, 1.165) is 30.3 Å². The normalized spacial score (nSPS) is 24.8. The van der Waals surface area contributed by atoms with Crippen LogP contribution in [0.15, 0.2) is 46.4 Å². The molecule has 8 heteroatoms. The van der Waals surface area contributed by atoms with Gasteiger partial charge >= 0.3 is 12.4 Å². The zero-order valence-electron chi connectivity index (χ0n) is 12.8. The minimum Gasteiger partial charge on any atom is -0.221 e. The van der Waals surface area contributed by atoms with E-state index in [1.807, 2.05) is 0 Å². The Morgan fingerprint density at radius 3 is 2.08 bits per heavy atom. The molecular weight excluding hydrogens is 334 g/mol. The molecule has 0 heterocycles. The van der Waals surface area contributed by atoms with Crippen LogP contribution in [0.25, 0.3) is 0 Å². The van der Waals surface area contributed by atoms with Crippen LogP contribution in [0, 0.1) is 11.3 Å². The Labute approximate surface area is 134 Å². The molecule has 1 aliphatic rings. The molecule has 2 unspecified atom stereocenters. The summed E-state index contributed by atoms with van der Waals surface area (Å²) in [4.78, 5) is 7.60. The molecule has 0 saturated heterocycles. The summed E-state index contributed by atoms with van der Waals surface area (Å²) < 4.78 is 75.8. The first-order valence-corrected chi connectivity index (χ1v) is 7.03. The minimum absolute atomic E-state index is 0.181. The van der Waals surface area contributed by atoms with Crippen LogP contribution in [0.2, 0.25) is 0 Å². The van der Waals surface area contributed by atoms with E-state index in [-0.39, 0.29) is 5.69 Å². The zero-order valence-corrected chi connectivity index (χ0v) is 12.8. The smallest absolute Gasteiger partial charge is 0.221 e. The van der Waals surface area contributed by atoms with Gasteiger partial charge in [0.25, 0.3) is 0 Å². The number of halogens is 6. The Hall–Kier alpha value is -2.08. The predicted octanol–water partition coefficient (Wildman–Crippen LogP) is 5.65.